The fourth-order valence-corrected chi connectivity index (χ4v) is 3.88. The Balaban J connectivity index is 1.23. The molecule has 0 unspecified atom stereocenters. The summed E-state index contributed by atoms with van der Waals surface area (Å²) in [6.45, 7) is 0.940. The van der Waals surface area contributed by atoms with Crippen LogP contribution in [-0.2, 0) is 11.2 Å². The molecule has 2 amide bonds. The van der Waals surface area contributed by atoms with Gasteiger partial charge in [-0.15, -0.1) is 11.3 Å². The van der Waals surface area contributed by atoms with Crippen molar-refractivity contribution in [3.05, 3.63) is 53.0 Å². The number of benzene rings is 2. The van der Waals surface area contributed by atoms with Crippen LogP contribution in [0.25, 0.3) is 10.2 Å². The van der Waals surface area contributed by atoms with Gasteiger partial charge in [-0.3, -0.25) is 20.4 Å². The summed E-state index contributed by atoms with van der Waals surface area (Å²) in [5, 5.41) is 1.01. The highest BCUT2D eigenvalue weighted by Crippen LogP contribution is 2.30. The number of ether oxygens (including phenoxy) is 2. The predicted molar refractivity (Wildman–Crippen MR) is 106 cm³/mol. The fourth-order valence-electron chi connectivity index (χ4n) is 2.87. The Morgan fingerprint density at radius 3 is 2.71 bits per heavy atom. The molecular weight excluding hydrogens is 378 g/mol. The largest absolute Gasteiger partial charge is 0.486 e. The number of fused-ring (bicyclic) bond motifs is 2. The summed E-state index contributed by atoms with van der Waals surface area (Å²) in [6, 6.07) is 12.9. The highest BCUT2D eigenvalue weighted by molar-refractivity contribution is 7.18. The van der Waals surface area contributed by atoms with Crippen molar-refractivity contribution in [2.75, 3.05) is 13.2 Å². The van der Waals surface area contributed by atoms with Crippen molar-refractivity contribution in [1.82, 2.24) is 15.8 Å². The summed E-state index contributed by atoms with van der Waals surface area (Å²) in [5.41, 5.74) is 6.25. The third-order valence-electron chi connectivity index (χ3n) is 4.25. The number of aromatic nitrogens is 1. The SMILES string of the molecule is O=C(CCCc1nc2ccccc2s1)NNC(=O)c1ccc2c(c1)OCCO2. The van der Waals surface area contributed by atoms with Crippen molar-refractivity contribution in [2.24, 2.45) is 0 Å². The Bertz CT molecular complexity index is 985. The monoisotopic (exact) mass is 397 g/mol. The number of carbonyl (C=O) groups excluding carboxylic acids is 2. The summed E-state index contributed by atoms with van der Waals surface area (Å²) < 4.78 is 12.0. The van der Waals surface area contributed by atoms with Crippen LogP contribution in [0.4, 0.5) is 0 Å². The maximum atomic E-state index is 12.2. The Labute approximate surface area is 165 Å². The number of nitrogens with zero attached hydrogens (tertiary/aromatic N) is 1. The molecule has 7 nitrogen and oxygen atoms in total. The van der Waals surface area contributed by atoms with Gasteiger partial charge in [-0.05, 0) is 43.2 Å². The smallest absolute Gasteiger partial charge is 0.269 e. The van der Waals surface area contributed by atoms with Gasteiger partial charge in [0.25, 0.3) is 5.91 Å². The first kappa shape index (κ1) is 18.2. The molecule has 0 spiro atoms. The summed E-state index contributed by atoms with van der Waals surface area (Å²) in [4.78, 5) is 28.7. The molecule has 0 saturated heterocycles. The normalized spacial score (nSPS) is 12.6. The van der Waals surface area contributed by atoms with Gasteiger partial charge in [0.2, 0.25) is 5.91 Å². The molecule has 1 aliphatic rings. The minimum absolute atomic E-state index is 0.244. The number of thiazole rings is 1. The van der Waals surface area contributed by atoms with Crippen LogP contribution in [0.1, 0.15) is 28.2 Å². The van der Waals surface area contributed by atoms with Gasteiger partial charge in [0, 0.05) is 12.0 Å². The number of hydrazine groups is 1. The molecule has 0 aliphatic carbocycles. The lowest BCUT2D eigenvalue weighted by molar-refractivity contribution is -0.121. The second kappa shape index (κ2) is 8.26. The van der Waals surface area contributed by atoms with Gasteiger partial charge in [0.05, 0.1) is 15.2 Å². The minimum atomic E-state index is -0.406. The number of nitrogens with one attached hydrogen (secondary N) is 2. The maximum Gasteiger partial charge on any atom is 0.269 e. The molecule has 2 N–H and O–H groups in total. The molecule has 2 aromatic carbocycles. The molecule has 4 rings (SSSR count). The zero-order chi connectivity index (χ0) is 19.3. The van der Waals surface area contributed by atoms with Gasteiger partial charge in [0.15, 0.2) is 11.5 Å². The number of amides is 2. The van der Waals surface area contributed by atoms with Crippen LogP contribution in [0.15, 0.2) is 42.5 Å². The van der Waals surface area contributed by atoms with Crippen LogP contribution < -0.4 is 20.3 Å². The van der Waals surface area contributed by atoms with Crippen LogP contribution in [0, 0.1) is 0 Å². The van der Waals surface area contributed by atoms with Crippen LogP contribution >= 0.6 is 11.3 Å². The predicted octanol–water partition coefficient (Wildman–Crippen LogP) is 2.85. The van der Waals surface area contributed by atoms with E-state index in [9.17, 15) is 9.59 Å². The standard InChI is InChI=1S/C20H19N3O4S/c24-18(6-3-7-19-21-14-4-1-2-5-17(14)28-19)22-23-20(25)13-8-9-15-16(12-13)27-11-10-26-15/h1-2,4-5,8-9,12H,3,6-7,10-11H2,(H,22,24)(H,23,25). The summed E-state index contributed by atoms with van der Waals surface area (Å²) in [6.07, 6.45) is 1.69. The van der Waals surface area contributed by atoms with Gasteiger partial charge in [0.1, 0.15) is 13.2 Å². The summed E-state index contributed by atoms with van der Waals surface area (Å²) in [7, 11) is 0. The van der Waals surface area contributed by atoms with E-state index in [2.05, 4.69) is 15.8 Å². The molecule has 0 fully saturated rings. The van der Waals surface area contributed by atoms with Gasteiger partial charge < -0.3 is 9.47 Å². The Morgan fingerprint density at radius 2 is 1.86 bits per heavy atom. The van der Waals surface area contributed by atoms with E-state index in [-0.39, 0.29) is 5.91 Å². The van der Waals surface area contributed by atoms with Crippen molar-refractivity contribution < 1.29 is 19.1 Å². The minimum Gasteiger partial charge on any atom is -0.486 e. The van der Waals surface area contributed by atoms with Crippen molar-refractivity contribution in [3.63, 3.8) is 0 Å². The molecule has 3 aromatic rings. The second-order valence-corrected chi connectivity index (χ2v) is 7.40. The second-order valence-electron chi connectivity index (χ2n) is 6.29. The first-order chi connectivity index (χ1) is 13.7. The Hall–Kier alpha value is -3.13. The van der Waals surface area contributed by atoms with Crippen molar-refractivity contribution in [2.45, 2.75) is 19.3 Å². The van der Waals surface area contributed by atoms with E-state index >= 15 is 0 Å². The topological polar surface area (TPSA) is 89.6 Å². The van der Waals surface area contributed by atoms with Crippen molar-refractivity contribution in [3.8, 4) is 11.5 Å². The first-order valence-electron chi connectivity index (χ1n) is 9.02. The highest BCUT2D eigenvalue weighted by Gasteiger charge is 2.15. The van der Waals surface area contributed by atoms with Crippen LogP contribution in [0.3, 0.4) is 0 Å². The average Bonchev–Trinajstić information content (AvgIpc) is 3.14. The van der Waals surface area contributed by atoms with E-state index < -0.39 is 5.91 Å². The molecule has 0 saturated carbocycles. The van der Waals surface area contributed by atoms with Crippen molar-refractivity contribution in [1.29, 1.82) is 0 Å². The number of carbonyl (C=O) groups is 2. The van der Waals surface area contributed by atoms with Gasteiger partial charge in [-0.2, -0.15) is 0 Å². The molecule has 0 bridgehead atoms. The number of hydrogen-bond donors (Lipinski definition) is 2. The highest BCUT2D eigenvalue weighted by atomic mass is 32.1. The molecule has 1 aromatic heterocycles. The molecule has 144 valence electrons. The molecule has 0 radical (unpaired) electrons. The Morgan fingerprint density at radius 1 is 1.04 bits per heavy atom. The van der Waals surface area contributed by atoms with E-state index in [4.69, 9.17) is 9.47 Å². The summed E-state index contributed by atoms with van der Waals surface area (Å²) >= 11 is 1.64. The fraction of sp³-hybridized carbons (Fsp3) is 0.250. The average molecular weight is 397 g/mol. The van der Waals surface area contributed by atoms with E-state index in [1.54, 1.807) is 29.5 Å². The number of para-hydroxylation sites is 1. The van der Waals surface area contributed by atoms with E-state index in [0.29, 0.717) is 43.1 Å². The lowest BCUT2D eigenvalue weighted by Gasteiger charge is -2.18. The van der Waals surface area contributed by atoms with Gasteiger partial charge in [-0.25, -0.2) is 4.98 Å². The molecular formula is C20H19N3O4S. The van der Waals surface area contributed by atoms with Crippen LogP contribution in [0.5, 0.6) is 11.5 Å². The van der Waals surface area contributed by atoms with E-state index in [1.807, 2.05) is 24.3 Å². The van der Waals surface area contributed by atoms with E-state index in [1.165, 1.54) is 0 Å². The lowest BCUT2D eigenvalue weighted by atomic mass is 10.2. The number of rotatable bonds is 5. The lowest BCUT2D eigenvalue weighted by Crippen LogP contribution is -2.41. The quantitative estimate of drug-likeness (QED) is 0.646. The first-order valence-corrected chi connectivity index (χ1v) is 9.84. The third-order valence-corrected chi connectivity index (χ3v) is 5.35. The number of hydrogen-bond acceptors (Lipinski definition) is 6. The zero-order valence-electron chi connectivity index (χ0n) is 15.1. The van der Waals surface area contributed by atoms with E-state index in [0.717, 1.165) is 21.6 Å². The number of aryl methyl sites for hydroxylation is 1. The zero-order valence-corrected chi connectivity index (χ0v) is 15.9. The molecule has 2 heterocycles. The van der Waals surface area contributed by atoms with Crippen molar-refractivity contribution >= 4 is 33.4 Å². The maximum absolute atomic E-state index is 12.2. The Kier molecular flexibility index (Phi) is 5.38. The van der Waals surface area contributed by atoms with Crippen LogP contribution in [0.2, 0.25) is 0 Å². The van der Waals surface area contributed by atoms with Crippen LogP contribution in [-0.4, -0.2) is 30.0 Å². The van der Waals surface area contributed by atoms with Gasteiger partial charge in [-0.1, -0.05) is 12.1 Å². The third kappa shape index (κ3) is 4.23. The molecule has 8 heteroatoms. The molecule has 1 aliphatic heterocycles. The molecule has 28 heavy (non-hydrogen) atoms. The summed E-state index contributed by atoms with van der Waals surface area (Å²) in [5.74, 6) is 0.492. The van der Waals surface area contributed by atoms with Gasteiger partial charge >= 0.3 is 0 Å². The molecule has 0 atom stereocenters.